The number of carbonyl (C=O) groups excluding carboxylic acids is 1. The summed E-state index contributed by atoms with van der Waals surface area (Å²) in [5, 5.41) is 16.6. The Bertz CT molecular complexity index is 1290. The first-order chi connectivity index (χ1) is 16.2. The Kier molecular flexibility index (Phi) is 5.49. The van der Waals surface area contributed by atoms with Gasteiger partial charge in [-0.3, -0.25) is 0 Å². The van der Waals surface area contributed by atoms with Crippen molar-refractivity contribution < 1.29 is 18.1 Å². The summed E-state index contributed by atoms with van der Waals surface area (Å²) in [5.74, 6) is -0.0613. The van der Waals surface area contributed by atoms with Gasteiger partial charge in [-0.2, -0.15) is 10.4 Å². The van der Waals surface area contributed by atoms with E-state index in [1.165, 1.54) is 10.9 Å². The SMILES string of the molecule is CN(C)[C@@H]1COc2c([S@](=N)(=O)N(C#N)C(=O)Nc3c4c(c(F)c5c3CCC5)CCC4)cnn2C1. The number of anilines is 1. The van der Waals surface area contributed by atoms with Gasteiger partial charge in [-0.15, -0.1) is 4.31 Å². The quantitative estimate of drug-likeness (QED) is 0.504. The highest BCUT2D eigenvalue weighted by Gasteiger charge is 2.36. The third-order valence-electron chi connectivity index (χ3n) is 6.92. The molecule has 2 aliphatic carbocycles. The van der Waals surface area contributed by atoms with Crippen molar-refractivity contribution in [2.75, 3.05) is 26.0 Å². The molecular formula is C22H26FN7O3S. The minimum Gasteiger partial charge on any atom is -0.475 e. The number of likely N-dealkylation sites (N-methyl/N-ethyl adjacent to an activating group) is 1. The van der Waals surface area contributed by atoms with Crippen LogP contribution < -0.4 is 10.1 Å². The third kappa shape index (κ3) is 3.42. The second-order valence-electron chi connectivity index (χ2n) is 9.09. The zero-order valence-corrected chi connectivity index (χ0v) is 19.9. The minimum atomic E-state index is -4.08. The first-order valence-electron chi connectivity index (χ1n) is 11.2. The van der Waals surface area contributed by atoms with E-state index < -0.39 is 15.9 Å². The number of aromatic nitrogens is 2. The molecule has 5 rings (SSSR count). The van der Waals surface area contributed by atoms with Crippen molar-refractivity contribution in [3.63, 3.8) is 0 Å². The van der Waals surface area contributed by atoms with Gasteiger partial charge in [0.15, 0.2) is 14.8 Å². The number of ether oxygens (including phenoxy) is 1. The summed E-state index contributed by atoms with van der Waals surface area (Å²) in [6, 6.07) is -0.945. The first-order valence-corrected chi connectivity index (χ1v) is 12.7. The number of nitriles is 1. The number of carbonyl (C=O) groups is 1. The van der Waals surface area contributed by atoms with Crippen LogP contribution >= 0.6 is 0 Å². The molecule has 0 radical (unpaired) electrons. The fraction of sp³-hybridized carbons (Fsp3) is 0.500. The second kappa shape index (κ2) is 8.25. The number of urea groups is 1. The van der Waals surface area contributed by atoms with Crippen LogP contribution in [-0.2, 0) is 42.1 Å². The molecule has 2 atom stereocenters. The zero-order valence-electron chi connectivity index (χ0n) is 19.1. The van der Waals surface area contributed by atoms with Gasteiger partial charge in [0.25, 0.3) is 0 Å². The third-order valence-corrected chi connectivity index (χ3v) is 8.56. The number of halogens is 1. The number of nitrogens with one attached hydrogen (secondary N) is 2. The van der Waals surface area contributed by atoms with Crippen molar-refractivity contribution in [3.8, 4) is 12.1 Å². The molecule has 0 unspecified atom stereocenters. The molecule has 180 valence electrons. The van der Waals surface area contributed by atoms with Gasteiger partial charge >= 0.3 is 6.03 Å². The Balaban J connectivity index is 1.47. The highest BCUT2D eigenvalue weighted by Crippen LogP contribution is 2.41. The van der Waals surface area contributed by atoms with Crippen LogP contribution in [0.4, 0.5) is 14.9 Å². The average molecular weight is 488 g/mol. The molecule has 2 amide bonds. The predicted molar refractivity (Wildman–Crippen MR) is 121 cm³/mol. The Hall–Kier alpha value is -3.17. The monoisotopic (exact) mass is 487 g/mol. The van der Waals surface area contributed by atoms with Crippen LogP contribution in [0.3, 0.4) is 0 Å². The molecule has 2 aromatic rings. The van der Waals surface area contributed by atoms with Crippen LogP contribution in [0.25, 0.3) is 0 Å². The molecule has 34 heavy (non-hydrogen) atoms. The van der Waals surface area contributed by atoms with E-state index >= 15 is 0 Å². The summed E-state index contributed by atoms with van der Waals surface area (Å²) in [7, 11) is -0.269. The van der Waals surface area contributed by atoms with Crippen molar-refractivity contribution in [2.45, 2.75) is 56.0 Å². The standard InChI is InChI=1S/C22H26FN7O3S/c1-28(2)13-10-29-21(33-11-13)18(9-26-29)34(25,32)30(12-24)22(31)27-20-16-7-3-5-14(16)19(23)15-6-4-8-17(15)20/h9,13,25H,3-8,10-11H2,1-2H3,(H,27,31)/t13-,34+/m0/s1. The molecule has 1 aromatic carbocycles. The van der Waals surface area contributed by atoms with E-state index in [4.69, 9.17) is 9.52 Å². The number of fused-ring (bicyclic) bond motifs is 3. The maximum atomic E-state index is 15.0. The van der Waals surface area contributed by atoms with Crippen LogP contribution in [0.2, 0.25) is 0 Å². The molecule has 0 fully saturated rings. The molecule has 10 nitrogen and oxygen atoms in total. The summed E-state index contributed by atoms with van der Waals surface area (Å²) in [5.41, 5.74) is 3.20. The van der Waals surface area contributed by atoms with Crippen LogP contribution in [-0.4, -0.2) is 56.0 Å². The number of hydrogen-bond acceptors (Lipinski definition) is 7. The molecule has 0 spiro atoms. The molecule has 0 bridgehead atoms. The number of rotatable bonds is 4. The van der Waals surface area contributed by atoms with Gasteiger partial charge in [-0.05, 0) is 74.9 Å². The van der Waals surface area contributed by atoms with Gasteiger partial charge in [0, 0.05) is 5.69 Å². The van der Waals surface area contributed by atoms with Gasteiger partial charge in [-0.25, -0.2) is 22.9 Å². The topological polar surface area (TPSA) is 127 Å². The van der Waals surface area contributed by atoms with Gasteiger partial charge < -0.3 is 15.0 Å². The maximum Gasteiger partial charge on any atom is 0.348 e. The molecule has 2 heterocycles. The zero-order chi connectivity index (χ0) is 24.2. The van der Waals surface area contributed by atoms with Crippen molar-refractivity contribution in [3.05, 3.63) is 34.3 Å². The highest BCUT2D eigenvalue weighted by molar-refractivity contribution is 7.91. The van der Waals surface area contributed by atoms with Crippen LogP contribution in [0, 0.1) is 22.1 Å². The molecular weight excluding hydrogens is 461 g/mol. The summed E-state index contributed by atoms with van der Waals surface area (Å²) in [4.78, 5) is 15.0. The van der Waals surface area contributed by atoms with Gasteiger partial charge in [-0.1, -0.05) is 0 Å². The van der Waals surface area contributed by atoms with E-state index in [1.54, 1.807) is 6.19 Å². The lowest BCUT2D eigenvalue weighted by Gasteiger charge is -2.29. The number of hydrogen-bond donors (Lipinski definition) is 2. The van der Waals surface area contributed by atoms with Crippen molar-refractivity contribution in [2.24, 2.45) is 0 Å². The van der Waals surface area contributed by atoms with E-state index in [-0.39, 0.29) is 22.6 Å². The van der Waals surface area contributed by atoms with Crippen LogP contribution in [0.5, 0.6) is 5.88 Å². The van der Waals surface area contributed by atoms with Crippen LogP contribution in [0.1, 0.15) is 35.1 Å². The Morgan fingerprint density at radius 3 is 2.47 bits per heavy atom. The Labute approximate surface area is 197 Å². The average Bonchev–Trinajstić information content (AvgIpc) is 3.55. The van der Waals surface area contributed by atoms with Crippen LogP contribution in [0.15, 0.2) is 11.1 Å². The fourth-order valence-electron chi connectivity index (χ4n) is 5.08. The summed E-state index contributed by atoms with van der Waals surface area (Å²) in [6.07, 6.45) is 6.83. The fourth-order valence-corrected chi connectivity index (χ4v) is 6.26. The van der Waals surface area contributed by atoms with Crippen molar-refractivity contribution >= 4 is 21.6 Å². The predicted octanol–water partition coefficient (Wildman–Crippen LogP) is 2.66. The first kappa shape index (κ1) is 22.6. The summed E-state index contributed by atoms with van der Waals surface area (Å²) in [6.45, 7) is 0.762. The van der Waals surface area contributed by atoms with Crippen molar-refractivity contribution in [1.82, 2.24) is 19.0 Å². The maximum absolute atomic E-state index is 15.0. The van der Waals surface area contributed by atoms with Gasteiger partial charge in [0.2, 0.25) is 12.1 Å². The number of amides is 2. The van der Waals surface area contributed by atoms with E-state index in [0.717, 1.165) is 24.0 Å². The molecule has 3 aliphatic rings. The Morgan fingerprint density at radius 2 is 1.88 bits per heavy atom. The lowest BCUT2D eigenvalue weighted by atomic mass is 9.98. The minimum absolute atomic E-state index is 0.0417. The Morgan fingerprint density at radius 1 is 1.26 bits per heavy atom. The lowest BCUT2D eigenvalue weighted by Crippen LogP contribution is -2.41. The van der Waals surface area contributed by atoms with E-state index in [9.17, 15) is 18.7 Å². The number of benzene rings is 1. The van der Waals surface area contributed by atoms with E-state index in [1.807, 2.05) is 19.0 Å². The molecule has 1 aliphatic heterocycles. The summed E-state index contributed by atoms with van der Waals surface area (Å²) >= 11 is 0. The molecule has 0 saturated carbocycles. The smallest absolute Gasteiger partial charge is 0.348 e. The van der Waals surface area contributed by atoms with E-state index in [0.29, 0.717) is 60.0 Å². The van der Waals surface area contributed by atoms with Gasteiger partial charge in [0.05, 0.1) is 18.8 Å². The summed E-state index contributed by atoms with van der Waals surface area (Å²) < 4.78 is 44.6. The lowest BCUT2D eigenvalue weighted by molar-refractivity contribution is 0.117. The number of nitrogens with zero attached hydrogens (tertiary/aromatic N) is 5. The molecule has 1 aromatic heterocycles. The van der Waals surface area contributed by atoms with Crippen molar-refractivity contribution in [1.29, 1.82) is 10.0 Å². The van der Waals surface area contributed by atoms with E-state index in [2.05, 4.69) is 10.4 Å². The molecule has 0 saturated heterocycles. The highest BCUT2D eigenvalue weighted by atomic mass is 32.2. The molecule has 2 N–H and O–H groups in total. The normalized spacial score (nSPS) is 20.0. The van der Waals surface area contributed by atoms with Gasteiger partial charge in [0.1, 0.15) is 12.4 Å². The largest absolute Gasteiger partial charge is 0.475 e. The second-order valence-corrected chi connectivity index (χ2v) is 10.9. The molecule has 12 heteroatoms.